The van der Waals surface area contributed by atoms with Crippen molar-refractivity contribution in [2.24, 2.45) is 0 Å². The van der Waals surface area contributed by atoms with Gasteiger partial charge in [-0.2, -0.15) is 5.10 Å². The van der Waals surface area contributed by atoms with Gasteiger partial charge in [0, 0.05) is 37.7 Å². The number of aromatic nitrogens is 2. The zero-order valence-corrected chi connectivity index (χ0v) is 12.7. The first-order valence-electron chi connectivity index (χ1n) is 7.86. The Morgan fingerprint density at radius 1 is 1.27 bits per heavy atom. The van der Waals surface area contributed by atoms with Gasteiger partial charge in [-0.15, -0.1) is 0 Å². The molecular weight excluding hydrogens is 276 g/mol. The Kier molecular flexibility index (Phi) is 3.22. The minimum Gasteiger partial charge on any atom is -0.310 e. The third-order valence-corrected chi connectivity index (χ3v) is 4.85. The van der Waals surface area contributed by atoms with Crippen molar-refractivity contribution >= 4 is 11.6 Å². The third kappa shape index (κ3) is 2.13. The fourth-order valence-electron chi connectivity index (χ4n) is 3.42. The van der Waals surface area contributed by atoms with Crippen LogP contribution < -0.4 is 4.90 Å². The van der Waals surface area contributed by atoms with Gasteiger partial charge in [0.2, 0.25) is 5.91 Å². The molecule has 1 aromatic carbocycles. The van der Waals surface area contributed by atoms with Gasteiger partial charge in [0.25, 0.3) is 0 Å². The average Bonchev–Trinajstić information content (AvgIpc) is 3.14. The lowest BCUT2D eigenvalue weighted by Crippen LogP contribution is -2.57. The van der Waals surface area contributed by atoms with E-state index >= 15 is 0 Å². The standard InChI is InChI=1S/C17H20N4O/c1-13(19-11-15(12-19)21-9-4-8-18-21)17(22)20-10-7-14-5-2-3-6-16(14)20/h2-6,8-9,13,15H,7,10-12H2,1H3. The predicted molar refractivity (Wildman–Crippen MR) is 84.8 cm³/mol. The van der Waals surface area contributed by atoms with Crippen molar-refractivity contribution in [2.45, 2.75) is 25.4 Å². The van der Waals surface area contributed by atoms with Gasteiger partial charge in [-0.3, -0.25) is 14.4 Å². The fourth-order valence-corrected chi connectivity index (χ4v) is 3.42. The molecule has 0 bridgehead atoms. The van der Waals surface area contributed by atoms with Crippen molar-refractivity contribution in [3.8, 4) is 0 Å². The van der Waals surface area contributed by atoms with E-state index in [-0.39, 0.29) is 11.9 Å². The monoisotopic (exact) mass is 296 g/mol. The Morgan fingerprint density at radius 2 is 2.09 bits per heavy atom. The molecule has 0 radical (unpaired) electrons. The highest BCUT2D eigenvalue weighted by Crippen LogP contribution is 2.30. The maximum Gasteiger partial charge on any atom is 0.244 e. The van der Waals surface area contributed by atoms with E-state index in [9.17, 15) is 4.79 Å². The molecule has 0 N–H and O–H groups in total. The Balaban J connectivity index is 1.42. The molecule has 1 amide bonds. The molecular formula is C17H20N4O. The molecule has 4 rings (SSSR count). The number of rotatable bonds is 3. The highest BCUT2D eigenvalue weighted by molar-refractivity contribution is 5.98. The summed E-state index contributed by atoms with van der Waals surface area (Å²) in [5.41, 5.74) is 2.37. The van der Waals surface area contributed by atoms with Crippen LogP contribution in [0.1, 0.15) is 18.5 Å². The molecule has 1 atom stereocenters. The average molecular weight is 296 g/mol. The molecule has 1 aromatic heterocycles. The number of anilines is 1. The van der Waals surface area contributed by atoms with Crippen LogP contribution in [0.3, 0.4) is 0 Å². The Bertz CT molecular complexity index is 676. The van der Waals surface area contributed by atoms with Crippen LogP contribution in [0.5, 0.6) is 0 Å². The van der Waals surface area contributed by atoms with Crippen LogP contribution in [-0.4, -0.2) is 46.3 Å². The summed E-state index contributed by atoms with van der Waals surface area (Å²) in [6, 6.07) is 10.5. The summed E-state index contributed by atoms with van der Waals surface area (Å²) >= 11 is 0. The van der Waals surface area contributed by atoms with E-state index < -0.39 is 0 Å². The van der Waals surface area contributed by atoms with Crippen molar-refractivity contribution < 1.29 is 4.79 Å². The number of amides is 1. The molecule has 2 aliphatic rings. The van der Waals surface area contributed by atoms with Crippen LogP contribution in [0, 0.1) is 0 Å². The van der Waals surface area contributed by atoms with Crippen molar-refractivity contribution in [3.05, 3.63) is 48.3 Å². The first-order chi connectivity index (χ1) is 10.7. The first-order valence-corrected chi connectivity index (χ1v) is 7.86. The molecule has 5 heteroatoms. The number of nitrogens with zero attached hydrogens (tertiary/aromatic N) is 4. The number of hydrogen-bond acceptors (Lipinski definition) is 3. The summed E-state index contributed by atoms with van der Waals surface area (Å²) in [7, 11) is 0. The number of likely N-dealkylation sites (tertiary alicyclic amines) is 1. The van der Waals surface area contributed by atoms with Gasteiger partial charge in [-0.05, 0) is 31.0 Å². The second-order valence-corrected chi connectivity index (χ2v) is 6.14. The zero-order valence-electron chi connectivity index (χ0n) is 12.7. The van der Waals surface area contributed by atoms with Gasteiger partial charge in [0.05, 0.1) is 12.1 Å². The van der Waals surface area contributed by atoms with Crippen LogP contribution in [0.4, 0.5) is 5.69 Å². The number of fused-ring (bicyclic) bond motifs is 1. The Morgan fingerprint density at radius 3 is 2.86 bits per heavy atom. The first kappa shape index (κ1) is 13.5. The van der Waals surface area contributed by atoms with E-state index in [1.165, 1.54) is 5.56 Å². The lowest BCUT2D eigenvalue weighted by molar-refractivity contribution is -0.125. The van der Waals surface area contributed by atoms with E-state index in [0.717, 1.165) is 31.7 Å². The molecule has 5 nitrogen and oxygen atoms in total. The van der Waals surface area contributed by atoms with E-state index in [2.05, 4.69) is 22.1 Å². The number of carbonyl (C=O) groups excluding carboxylic acids is 1. The summed E-state index contributed by atoms with van der Waals surface area (Å²) in [6.45, 7) is 4.61. The minimum atomic E-state index is -0.0713. The van der Waals surface area contributed by atoms with Crippen LogP contribution in [0.2, 0.25) is 0 Å². The van der Waals surface area contributed by atoms with E-state index in [1.807, 2.05) is 40.9 Å². The molecule has 0 aliphatic carbocycles. The Hall–Kier alpha value is -2.14. The van der Waals surface area contributed by atoms with E-state index in [1.54, 1.807) is 6.20 Å². The summed E-state index contributed by atoms with van der Waals surface area (Å²) in [5.74, 6) is 0.212. The molecule has 1 saturated heterocycles. The molecule has 114 valence electrons. The molecule has 0 saturated carbocycles. The molecule has 22 heavy (non-hydrogen) atoms. The van der Waals surface area contributed by atoms with Crippen LogP contribution in [0.15, 0.2) is 42.7 Å². The fraction of sp³-hybridized carbons (Fsp3) is 0.412. The SMILES string of the molecule is CC(C(=O)N1CCc2ccccc21)N1CC(n2cccn2)C1. The maximum absolute atomic E-state index is 12.8. The summed E-state index contributed by atoms with van der Waals surface area (Å²) in [5, 5.41) is 4.28. The number of carbonyl (C=O) groups is 1. The van der Waals surface area contributed by atoms with Crippen LogP contribution in [-0.2, 0) is 11.2 Å². The van der Waals surface area contributed by atoms with Gasteiger partial charge in [-0.25, -0.2) is 0 Å². The summed E-state index contributed by atoms with van der Waals surface area (Å²) in [6.07, 6.45) is 4.76. The molecule has 2 aromatic rings. The second-order valence-electron chi connectivity index (χ2n) is 6.14. The van der Waals surface area contributed by atoms with Gasteiger partial charge < -0.3 is 4.90 Å². The quantitative estimate of drug-likeness (QED) is 0.866. The topological polar surface area (TPSA) is 41.4 Å². The maximum atomic E-state index is 12.8. The van der Waals surface area contributed by atoms with Gasteiger partial charge in [-0.1, -0.05) is 18.2 Å². The van der Waals surface area contributed by atoms with Crippen LogP contribution in [0.25, 0.3) is 0 Å². The van der Waals surface area contributed by atoms with Crippen molar-refractivity contribution in [1.29, 1.82) is 0 Å². The largest absolute Gasteiger partial charge is 0.310 e. The molecule has 3 heterocycles. The van der Waals surface area contributed by atoms with Crippen LogP contribution >= 0.6 is 0 Å². The number of hydrogen-bond donors (Lipinski definition) is 0. The molecule has 1 fully saturated rings. The highest BCUT2D eigenvalue weighted by atomic mass is 16.2. The summed E-state index contributed by atoms with van der Waals surface area (Å²) < 4.78 is 1.98. The van der Waals surface area contributed by atoms with Gasteiger partial charge in [0.15, 0.2) is 0 Å². The molecule has 1 unspecified atom stereocenters. The van der Waals surface area contributed by atoms with Crippen molar-refractivity contribution in [3.63, 3.8) is 0 Å². The van der Waals surface area contributed by atoms with Gasteiger partial charge in [0.1, 0.15) is 0 Å². The third-order valence-electron chi connectivity index (χ3n) is 4.85. The minimum absolute atomic E-state index is 0.0713. The van der Waals surface area contributed by atoms with Gasteiger partial charge >= 0.3 is 0 Å². The lowest BCUT2D eigenvalue weighted by atomic mass is 10.1. The van der Waals surface area contributed by atoms with Crippen molar-refractivity contribution in [1.82, 2.24) is 14.7 Å². The molecule has 2 aliphatic heterocycles. The smallest absolute Gasteiger partial charge is 0.244 e. The highest BCUT2D eigenvalue weighted by Gasteiger charge is 2.37. The summed E-state index contributed by atoms with van der Waals surface area (Å²) in [4.78, 5) is 17.0. The number of benzene rings is 1. The Labute approximate surface area is 130 Å². The second kappa shape index (κ2) is 5.25. The van der Waals surface area contributed by atoms with E-state index in [0.29, 0.717) is 6.04 Å². The predicted octanol–water partition coefficient (Wildman–Crippen LogP) is 1.72. The number of para-hydroxylation sites is 1. The van der Waals surface area contributed by atoms with Crippen molar-refractivity contribution in [2.75, 3.05) is 24.5 Å². The van der Waals surface area contributed by atoms with E-state index in [4.69, 9.17) is 0 Å². The normalized spacial score (nSPS) is 19.8. The lowest BCUT2D eigenvalue weighted by Gasteiger charge is -2.43. The zero-order chi connectivity index (χ0) is 15.1. The molecule has 0 spiro atoms.